The summed E-state index contributed by atoms with van der Waals surface area (Å²) in [7, 11) is 0. The molecule has 1 rings (SSSR count). The van der Waals surface area contributed by atoms with E-state index in [0.29, 0.717) is 11.6 Å². The van der Waals surface area contributed by atoms with Crippen molar-refractivity contribution in [2.75, 3.05) is 0 Å². The minimum absolute atomic E-state index is 0.141. The molecule has 94 valence electrons. The Balaban J connectivity index is 2.54. The molecule has 4 heteroatoms. The van der Waals surface area contributed by atoms with Crippen molar-refractivity contribution in [3.8, 4) is 0 Å². The Hall–Kier alpha value is -1.06. The second-order valence-electron chi connectivity index (χ2n) is 5.19. The first-order valence-corrected chi connectivity index (χ1v) is 5.96. The van der Waals surface area contributed by atoms with Gasteiger partial charge < -0.3 is 11.1 Å². The summed E-state index contributed by atoms with van der Waals surface area (Å²) in [6.07, 6.45) is 0. The number of hydrogen-bond donors (Lipinski definition) is 2. The number of carbonyl (C=O) groups excluding carboxylic acids is 1. The Morgan fingerprint density at radius 2 is 2.12 bits per heavy atom. The van der Waals surface area contributed by atoms with Gasteiger partial charge in [0.2, 0.25) is 5.91 Å². The predicted octanol–water partition coefficient (Wildman–Crippen LogP) is 2.33. The summed E-state index contributed by atoms with van der Waals surface area (Å²) in [6, 6.07) is 6.88. The standard InChI is InChI=1S/C13H19ClN2O/c1-13(2,3)11(15)12(17)16-8-9-5-4-6-10(14)7-9/h4-7,11H,8,15H2,1-3H3,(H,16,17)/t11-/m1/s1. The van der Waals surface area contributed by atoms with Crippen LogP contribution in [0.5, 0.6) is 0 Å². The topological polar surface area (TPSA) is 55.1 Å². The normalized spacial score (nSPS) is 13.2. The van der Waals surface area contributed by atoms with Crippen LogP contribution in [0.15, 0.2) is 24.3 Å². The molecule has 0 aromatic heterocycles. The highest BCUT2D eigenvalue weighted by Crippen LogP contribution is 2.17. The number of nitrogens with two attached hydrogens (primary N) is 1. The molecule has 0 heterocycles. The quantitative estimate of drug-likeness (QED) is 0.870. The Morgan fingerprint density at radius 1 is 1.47 bits per heavy atom. The van der Waals surface area contributed by atoms with Gasteiger partial charge in [-0.1, -0.05) is 44.5 Å². The number of rotatable bonds is 3. The van der Waals surface area contributed by atoms with Crippen LogP contribution in [-0.2, 0) is 11.3 Å². The third-order valence-corrected chi connectivity index (χ3v) is 2.81. The number of carbonyl (C=O) groups is 1. The van der Waals surface area contributed by atoms with Gasteiger partial charge in [0.05, 0.1) is 6.04 Å². The molecular formula is C13H19ClN2O. The monoisotopic (exact) mass is 254 g/mol. The van der Waals surface area contributed by atoms with E-state index in [4.69, 9.17) is 17.3 Å². The molecule has 3 N–H and O–H groups in total. The van der Waals surface area contributed by atoms with Crippen molar-refractivity contribution in [1.82, 2.24) is 5.32 Å². The molecular weight excluding hydrogens is 236 g/mol. The van der Waals surface area contributed by atoms with Crippen LogP contribution in [0.2, 0.25) is 5.02 Å². The van der Waals surface area contributed by atoms with Crippen LogP contribution in [-0.4, -0.2) is 11.9 Å². The summed E-state index contributed by atoms with van der Waals surface area (Å²) in [4.78, 5) is 11.8. The van der Waals surface area contributed by atoms with E-state index in [0.717, 1.165) is 5.56 Å². The van der Waals surface area contributed by atoms with Gasteiger partial charge in [0.25, 0.3) is 0 Å². The Kier molecular flexibility index (Phi) is 4.54. The van der Waals surface area contributed by atoms with E-state index in [-0.39, 0.29) is 11.3 Å². The maximum atomic E-state index is 11.8. The predicted molar refractivity (Wildman–Crippen MR) is 70.7 cm³/mol. The van der Waals surface area contributed by atoms with Crippen LogP contribution in [0.1, 0.15) is 26.3 Å². The lowest BCUT2D eigenvalue weighted by molar-refractivity contribution is -0.124. The molecule has 0 fully saturated rings. The van der Waals surface area contributed by atoms with Crippen LogP contribution in [0.25, 0.3) is 0 Å². The van der Waals surface area contributed by atoms with E-state index in [1.54, 1.807) is 6.07 Å². The molecule has 0 saturated carbocycles. The minimum atomic E-state index is -0.512. The Labute approximate surface area is 107 Å². The number of amides is 1. The van der Waals surface area contributed by atoms with Crippen molar-refractivity contribution in [3.63, 3.8) is 0 Å². The number of nitrogens with one attached hydrogen (secondary N) is 1. The first kappa shape index (κ1) is 14.0. The average molecular weight is 255 g/mol. The smallest absolute Gasteiger partial charge is 0.237 e. The van der Waals surface area contributed by atoms with Crippen molar-refractivity contribution >= 4 is 17.5 Å². The first-order chi connectivity index (χ1) is 7.80. The van der Waals surface area contributed by atoms with Gasteiger partial charge in [0.1, 0.15) is 0 Å². The van der Waals surface area contributed by atoms with Crippen molar-refractivity contribution in [2.24, 2.45) is 11.1 Å². The van der Waals surface area contributed by atoms with Crippen LogP contribution in [0.4, 0.5) is 0 Å². The molecule has 0 aliphatic carbocycles. The van der Waals surface area contributed by atoms with E-state index in [2.05, 4.69) is 5.32 Å². The largest absolute Gasteiger partial charge is 0.351 e. The molecule has 0 bridgehead atoms. The highest BCUT2D eigenvalue weighted by atomic mass is 35.5. The molecule has 17 heavy (non-hydrogen) atoms. The zero-order valence-electron chi connectivity index (χ0n) is 10.5. The zero-order valence-corrected chi connectivity index (χ0v) is 11.2. The SMILES string of the molecule is CC(C)(C)[C@H](N)C(=O)NCc1cccc(Cl)c1. The Bertz CT molecular complexity index is 399. The van der Waals surface area contributed by atoms with Crippen LogP contribution >= 0.6 is 11.6 Å². The van der Waals surface area contributed by atoms with Gasteiger partial charge in [-0.3, -0.25) is 4.79 Å². The maximum Gasteiger partial charge on any atom is 0.237 e. The van der Waals surface area contributed by atoms with Crippen molar-refractivity contribution in [3.05, 3.63) is 34.9 Å². The summed E-state index contributed by atoms with van der Waals surface area (Å²) in [5.74, 6) is -0.141. The van der Waals surface area contributed by atoms with Crippen molar-refractivity contribution < 1.29 is 4.79 Å². The summed E-state index contributed by atoms with van der Waals surface area (Å²) >= 11 is 5.86. The van der Waals surface area contributed by atoms with Gasteiger partial charge in [0, 0.05) is 11.6 Å². The lowest BCUT2D eigenvalue weighted by atomic mass is 9.87. The van der Waals surface area contributed by atoms with Crippen molar-refractivity contribution in [2.45, 2.75) is 33.4 Å². The van der Waals surface area contributed by atoms with Gasteiger partial charge in [-0.25, -0.2) is 0 Å². The van der Waals surface area contributed by atoms with Crippen LogP contribution in [0.3, 0.4) is 0 Å². The Morgan fingerprint density at radius 3 is 2.65 bits per heavy atom. The summed E-state index contributed by atoms with van der Waals surface area (Å²) in [6.45, 7) is 6.27. The summed E-state index contributed by atoms with van der Waals surface area (Å²) in [5.41, 5.74) is 6.58. The van der Waals surface area contributed by atoms with Gasteiger partial charge in [-0.15, -0.1) is 0 Å². The highest BCUT2D eigenvalue weighted by Gasteiger charge is 2.26. The molecule has 3 nitrogen and oxygen atoms in total. The molecule has 1 aromatic rings. The second-order valence-corrected chi connectivity index (χ2v) is 5.63. The van der Waals surface area contributed by atoms with E-state index in [9.17, 15) is 4.79 Å². The summed E-state index contributed by atoms with van der Waals surface area (Å²) < 4.78 is 0. The minimum Gasteiger partial charge on any atom is -0.351 e. The molecule has 1 aromatic carbocycles. The third kappa shape index (κ3) is 4.36. The van der Waals surface area contributed by atoms with Crippen LogP contribution in [0, 0.1) is 5.41 Å². The van der Waals surface area contributed by atoms with E-state index >= 15 is 0 Å². The van der Waals surface area contributed by atoms with Gasteiger partial charge in [0.15, 0.2) is 0 Å². The number of benzene rings is 1. The molecule has 0 radical (unpaired) electrons. The van der Waals surface area contributed by atoms with Gasteiger partial charge in [-0.2, -0.15) is 0 Å². The molecule has 0 spiro atoms. The molecule has 0 saturated heterocycles. The fourth-order valence-electron chi connectivity index (χ4n) is 1.34. The fraction of sp³-hybridized carbons (Fsp3) is 0.462. The highest BCUT2D eigenvalue weighted by molar-refractivity contribution is 6.30. The van der Waals surface area contributed by atoms with Gasteiger partial charge >= 0.3 is 0 Å². The number of halogens is 1. The third-order valence-electron chi connectivity index (χ3n) is 2.57. The first-order valence-electron chi connectivity index (χ1n) is 5.58. The molecule has 0 aliphatic rings. The lowest BCUT2D eigenvalue weighted by Gasteiger charge is -2.25. The lowest BCUT2D eigenvalue weighted by Crippen LogP contribution is -2.48. The average Bonchev–Trinajstić information content (AvgIpc) is 2.23. The van der Waals surface area contributed by atoms with E-state index < -0.39 is 6.04 Å². The summed E-state index contributed by atoms with van der Waals surface area (Å²) in [5, 5.41) is 3.47. The van der Waals surface area contributed by atoms with E-state index in [1.807, 2.05) is 39.0 Å². The van der Waals surface area contributed by atoms with Crippen molar-refractivity contribution in [1.29, 1.82) is 0 Å². The van der Waals surface area contributed by atoms with Crippen LogP contribution < -0.4 is 11.1 Å². The molecule has 0 aliphatic heterocycles. The fourth-order valence-corrected chi connectivity index (χ4v) is 1.55. The number of hydrogen-bond acceptors (Lipinski definition) is 2. The van der Waals surface area contributed by atoms with Gasteiger partial charge in [-0.05, 0) is 23.1 Å². The van der Waals surface area contributed by atoms with E-state index in [1.165, 1.54) is 0 Å². The molecule has 0 unspecified atom stereocenters. The zero-order chi connectivity index (χ0) is 13.1. The maximum absolute atomic E-state index is 11.8. The second kappa shape index (κ2) is 5.52. The molecule has 1 amide bonds. The molecule has 1 atom stereocenters.